The molecule has 0 amide bonds. The third-order valence-corrected chi connectivity index (χ3v) is 7.20. The third-order valence-electron chi connectivity index (χ3n) is 6.22. The van der Waals surface area contributed by atoms with Gasteiger partial charge >= 0.3 is 5.97 Å². The smallest absolute Gasteiger partial charge is 0.338 e. The summed E-state index contributed by atoms with van der Waals surface area (Å²) < 4.78 is 13.5. The van der Waals surface area contributed by atoms with E-state index in [1.54, 1.807) is 25.3 Å². The van der Waals surface area contributed by atoms with Gasteiger partial charge in [-0.25, -0.2) is 9.79 Å². The Balaban J connectivity index is 1.76. The Bertz CT molecular complexity index is 1790. The van der Waals surface area contributed by atoms with Gasteiger partial charge in [0.1, 0.15) is 12.4 Å². The molecule has 0 aliphatic carbocycles. The summed E-state index contributed by atoms with van der Waals surface area (Å²) in [6, 6.07) is 20.5. The molecule has 0 fully saturated rings. The maximum absolute atomic E-state index is 14.0. The second-order valence-corrected chi connectivity index (χ2v) is 10.1. The maximum Gasteiger partial charge on any atom is 0.338 e. The van der Waals surface area contributed by atoms with Gasteiger partial charge in [-0.2, -0.15) is 0 Å². The highest BCUT2D eigenvalue weighted by molar-refractivity contribution is 7.07. The fraction of sp³-hybridized carbons (Fsp3) is 0.194. The SMILES string of the molecule is C#CCOc1ccc2ccccc2c1C=c1sc2n(c1=O)C(c1ccccc1)C(C(=O)OC(C)C)=C(C)N=2. The molecular formula is C31H26N2O4S. The lowest BCUT2D eigenvalue weighted by Crippen LogP contribution is -2.40. The van der Waals surface area contributed by atoms with Crippen LogP contribution >= 0.6 is 11.3 Å². The Labute approximate surface area is 224 Å². The van der Waals surface area contributed by atoms with Gasteiger partial charge in [-0.1, -0.05) is 77.9 Å². The standard InChI is InChI=1S/C31H26N2O4S/c1-5-17-36-25-16-15-21-11-9-10-14-23(21)24(25)18-26-29(34)33-28(22-12-7-6-8-13-22)27(30(35)37-19(2)3)20(4)32-31(33)38-26/h1,6-16,18-19,28H,17H2,2-4H3. The van der Waals surface area contributed by atoms with Crippen molar-refractivity contribution in [1.29, 1.82) is 0 Å². The number of hydrogen-bond acceptors (Lipinski definition) is 6. The molecule has 0 spiro atoms. The van der Waals surface area contributed by atoms with Crippen molar-refractivity contribution in [2.75, 3.05) is 6.61 Å². The van der Waals surface area contributed by atoms with Crippen molar-refractivity contribution in [1.82, 2.24) is 4.57 Å². The van der Waals surface area contributed by atoms with Crippen LogP contribution in [0.25, 0.3) is 16.8 Å². The number of allylic oxidation sites excluding steroid dienone is 1. The zero-order valence-corrected chi connectivity index (χ0v) is 22.1. The zero-order chi connectivity index (χ0) is 26.8. The van der Waals surface area contributed by atoms with Gasteiger partial charge in [0.05, 0.1) is 27.9 Å². The summed E-state index contributed by atoms with van der Waals surface area (Å²) in [5, 5.41) is 1.95. The van der Waals surface area contributed by atoms with Crippen LogP contribution in [-0.2, 0) is 9.53 Å². The molecule has 1 aliphatic heterocycles. The predicted molar refractivity (Wildman–Crippen MR) is 150 cm³/mol. The molecule has 1 unspecified atom stereocenters. The van der Waals surface area contributed by atoms with Crippen LogP contribution in [-0.4, -0.2) is 23.2 Å². The number of hydrogen-bond donors (Lipinski definition) is 0. The van der Waals surface area contributed by atoms with Crippen LogP contribution in [0.3, 0.4) is 0 Å². The highest BCUT2D eigenvalue weighted by Gasteiger charge is 2.33. The first-order chi connectivity index (χ1) is 18.4. The minimum Gasteiger partial charge on any atom is -0.480 e. The molecule has 0 saturated heterocycles. The van der Waals surface area contributed by atoms with Crippen molar-refractivity contribution in [3.63, 3.8) is 0 Å². The molecule has 7 heteroatoms. The number of terminal acetylenes is 1. The Morgan fingerprint density at radius 1 is 1.13 bits per heavy atom. The molecule has 5 rings (SSSR count). The van der Waals surface area contributed by atoms with E-state index in [1.807, 2.05) is 72.8 Å². The first-order valence-corrected chi connectivity index (χ1v) is 13.1. The molecular weight excluding hydrogens is 496 g/mol. The van der Waals surface area contributed by atoms with Gasteiger partial charge in [-0.3, -0.25) is 9.36 Å². The Morgan fingerprint density at radius 2 is 1.87 bits per heavy atom. The van der Waals surface area contributed by atoms with Gasteiger partial charge in [-0.05, 0) is 49.2 Å². The first-order valence-electron chi connectivity index (χ1n) is 12.3. The second kappa shape index (κ2) is 10.5. The van der Waals surface area contributed by atoms with Gasteiger partial charge in [0.15, 0.2) is 4.80 Å². The molecule has 0 N–H and O–H groups in total. The summed E-state index contributed by atoms with van der Waals surface area (Å²) in [6.07, 6.45) is 6.96. The van der Waals surface area contributed by atoms with E-state index >= 15 is 0 Å². The summed E-state index contributed by atoms with van der Waals surface area (Å²) in [4.78, 5) is 32.4. The van der Waals surface area contributed by atoms with E-state index in [1.165, 1.54) is 11.3 Å². The van der Waals surface area contributed by atoms with Gasteiger partial charge in [0.25, 0.3) is 5.56 Å². The molecule has 0 saturated carbocycles. The average molecular weight is 523 g/mol. The summed E-state index contributed by atoms with van der Waals surface area (Å²) in [5.74, 6) is 2.60. The normalized spacial score (nSPS) is 15.2. The number of esters is 1. The number of benzene rings is 3. The number of fused-ring (bicyclic) bond motifs is 2. The molecule has 0 radical (unpaired) electrons. The van der Waals surface area contributed by atoms with E-state index in [0.29, 0.717) is 26.4 Å². The predicted octanol–water partition coefficient (Wildman–Crippen LogP) is 4.35. The Morgan fingerprint density at radius 3 is 2.61 bits per heavy atom. The lowest BCUT2D eigenvalue weighted by molar-refractivity contribution is -0.143. The number of aromatic nitrogens is 1. The zero-order valence-electron chi connectivity index (χ0n) is 21.3. The third kappa shape index (κ3) is 4.67. The summed E-state index contributed by atoms with van der Waals surface area (Å²) >= 11 is 1.27. The number of carbonyl (C=O) groups is 1. The molecule has 4 aromatic rings. The highest BCUT2D eigenvalue weighted by Crippen LogP contribution is 2.31. The van der Waals surface area contributed by atoms with Crippen LogP contribution in [0.5, 0.6) is 5.75 Å². The molecule has 3 aromatic carbocycles. The molecule has 1 aliphatic rings. The molecule has 190 valence electrons. The van der Waals surface area contributed by atoms with E-state index in [9.17, 15) is 9.59 Å². The molecule has 38 heavy (non-hydrogen) atoms. The number of carbonyl (C=O) groups excluding carboxylic acids is 1. The quantitative estimate of drug-likeness (QED) is 0.279. The number of thiazole rings is 1. The van der Waals surface area contributed by atoms with E-state index in [0.717, 1.165) is 21.9 Å². The fourth-order valence-corrected chi connectivity index (χ4v) is 5.64. The second-order valence-electron chi connectivity index (χ2n) is 9.14. The van der Waals surface area contributed by atoms with Gasteiger partial charge < -0.3 is 9.47 Å². The lowest BCUT2D eigenvalue weighted by Gasteiger charge is -2.25. The van der Waals surface area contributed by atoms with Crippen molar-refractivity contribution < 1.29 is 14.3 Å². The van der Waals surface area contributed by atoms with Gasteiger partial charge in [0, 0.05) is 5.56 Å². The van der Waals surface area contributed by atoms with Crippen molar-refractivity contribution in [2.45, 2.75) is 32.9 Å². The highest BCUT2D eigenvalue weighted by atomic mass is 32.1. The molecule has 2 heterocycles. The Kier molecular flexibility index (Phi) is 6.99. The summed E-state index contributed by atoms with van der Waals surface area (Å²) in [7, 11) is 0. The fourth-order valence-electron chi connectivity index (χ4n) is 4.61. The summed E-state index contributed by atoms with van der Waals surface area (Å²) in [5.41, 5.74) is 2.19. The molecule has 6 nitrogen and oxygen atoms in total. The minimum absolute atomic E-state index is 0.106. The molecule has 0 bridgehead atoms. The van der Waals surface area contributed by atoms with Crippen LogP contribution in [0.2, 0.25) is 0 Å². The molecule has 1 aromatic heterocycles. The lowest BCUT2D eigenvalue weighted by atomic mass is 9.96. The minimum atomic E-state index is -0.662. The van der Waals surface area contributed by atoms with Crippen molar-refractivity contribution in [2.24, 2.45) is 4.99 Å². The maximum atomic E-state index is 14.0. The van der Waals surface area contributed by atoms with Crippen LogP contribution in [0, 0.1) is 12.3 Å². The van der Waals surface area contributed by atoms with Crippen LogP contribution in [0.1, 0.15) is 37.9 Å². The number of rotatable bonds is 6. The Hall–Kier alpha value is -4.41. The van der Waals surface area contributed by atoms with Gasteiger partial charge in [-0.15, -0.1) is 6.42 Å². The van der Waals surface area contributed by atoms with Crippen LogP contribution in [0.15, 0.2) is 87.8 Å². The van der Waals surface area contributed by atoms with E-state index in [2.05, 4.69) is 10.9 Å². The number of nitrogens with zero attached hydrogens (tertiary/aromatic N) is 2. The monoisotopic (exact) mass is 522 g/mol. The van der Waals surface area contributed by atoms with E-state index in [-0.39, 0.29) is 18.3 Å². The van der Waals surface area contributed by atoms with E-state index < -0.39 is 12.0 Å². The van der Waals surface area contributed by atoms with Crippen LogP contribution in [0.4, 0.5) is 0 Å². The topological polar surface area (TPSA) is 69.9 Å². The van der Waals surface area contributed by atoms with Crippen LogP contribution < -0.4 is 19.6 Å². The van der Waals surface area contributed by atoms with Crippen molar-refractivity contribution >= 4 is 34.2 Å². The summed E-state index contributed by atoms with van der Waals surface area (Å²) in [6.45, 7) is 5.48. The first kappa shape index (κ1) is 25.2. The van der Waals surface area contributed by atoms with Gasteiger partial charge in [0.2, 0.25) is 0 Å². The number of ether oxygens (including phenoxy) is 2. The average Bonchev–Trinajstić information content (AvgIpc) is 3.21. The van der Waals surface area contributed by atoms with Crippen molar-refractivity contribution in [3.8, 4) is 18.1 Å². The largest absolute Gasteiger partial charge is 0.480 e. The van der Waals surface area contributed by atoms with Crippen molar-refractivity contribution in [3.05, 3.63) is 109 Å². The van der Waals surface area contributed by atoms with E-state index in [4.69, 9.17) is 15.9 Å². The molecule has 1 atom stereocenters.